The van der Waals surface area contributed by atoms with Gasteiger partial charge in [0, 0.05) is 16.7 Å². The molecule has 2 aromatic rings. The van der Waals surface area contributed by atoms with Crippen molar-refractivity contribution in [2.24, 2.45) is 0 Å². The fourth-order valence-corrected chi connectivity index (χ4v) is 2.07. The minimum atomic E-state index is -0.551. The van der Waals surface area contributed by atoms with Crippen LogP contribution in [-0.2, 0) is 0 Å². The second kappa shape index (κ2) is 6.33. The summed E-state index contributed by atoms with van der Waals surface area (Å²) in [5.41, 5.74) is 0.917. The second-order valence-corrected chi connectivity index (χ2v) is 5.29. The third kappa shape index (κ3) is 3.55. The zero-order chi connectivity index (χ0) is 15.4. The molecule has 21 heavy (non-hydrogen) atoms. The van der Waals surface area contributed by atoms with Crippen molar-refractivity contribution >= 4 is 27.4 Å². The number of rotatable bonds is 4. The Labute approximate surface area is 129 Å². The number of nitrogens with one attached hydrogen (secondary N) is 1. The van der Waals surface area contributed by atoms with Crippen LogP contribution < -0.4 is 5.32 Å². The van der Waals surface area contributed by atoms with Crippen molar-refractivity contribution in [2.45, 2.75) is 13.0 Å². The van der Waals surface area contributed by atoms with Gasteiger partial charge in [-0.25, -0.2) is 4.98 Å². The Morgan fingerprint density at radius 3 is 2.67 bits per heavy atom. The van der Waals surface area contributed by atoms with Gasteiger partial charge in [0.15, 0.2) is 0 Å². The summed E-state index contributed by atoms with van der Waals surface area (Å²) in [7, 11) is 0. The lowest BCUT2D eigenvalue weighted by Crippen LogP contribution is -2.10. The van der Waals surface area contributed by atoms with Gasteiger partial charge in [0.1, 0.15) is 6.07 Å². The summed E-state index contributed by atoms with van der Waals surface area (Å²) in [4.78, 5) is 14.5. The number of nitriles is 1. The van der Waals surface area contributed by atoms with Crippen LogP contribution in [-0.4, -0.2) is 9.91 Å². The van der Waals surface area contributed by atoms with E-state index < -0.39 is 4.92 Å². The SMILES string of the molecule is CC(Nc1ncc(C#N)cc1[N+](=O)[O-])c1ccc(Br)cc1. The molecule has 0 spiro atoms. The monoisotopic (exact) mass is 346 g/mol. The van der Waals surface area contributed by atoms with Crippen molar-refractivity contribution in [2.75, 3.05) is 5.32 Å². The number of aromatic nitrogens is 1. The molecule has 1 aromatic carbocycles. The van der Waals surface area contributed by atoms with Gasteiger partial charge in [0.05, 0.1) is 16.5 Å². The van der Waals surface area contributed by atoms with E-state index in [0.29, 0.717) is 0 Å². The first-order chi connectivity index (χ1) is 10.0. The van der Waals surface area contributed by atoms with E-state index in [-0.39, 0.29) is 23.1 Å². The number of halogens is 1. The van der Waals surface area contributed by atoms with Crippen LogP contribution in [0.5, 0.6) is 0 Å². The highest BCUT2D eigenvalue weighted by Gasteiger charge is 2.18. The smallest absolute Gasteiger partial charge is 0.312 e. The van der Waals surface area contributed by atoms with Gasteiger partial charge in [-0.05, 0) is 24.6 Å². The molecule has 0 amide bonds. The second-order valence-electron chi connectivity index (χ2n) is 4.38. The maximum Gasteiger partial charge on any atom is 0.312 e. The van der Waals surface area contributed by atoms with Crippen molar-refractivity contribution in [1.29, 1.82) is 5.26 Å². The average Bonchev–Trinajstić information content (AvgIpc) is 2.48. The molecule has 0 fully saturated rings. The van der Waals surface area contributed by atoms with Crippen molar-refractivity contribution in [3.8, 4) is 6.07 Å². The molecule has 0 radical (unpaired) electrons. The van der Waals surface area contributed by atoms with Gasteiger partial charge in [-0.1, -0.05) is 28.1 Å². The van der Waals surface area contributed by atoms with Crippen LogP contribution >= 0.6 is 15.9 Å². The number of hydrogen-bond donors (Lipinski definition) is 1. The van der Waals surface area contributed by atoms with Crippen molar-refractivity contribution in [3.05, 3.63) is 62.2 Å². The zero-order valence-electron chi connectivity index (χ0n) is 11.1. The molecule has 7 heteroatoms. The van der Waals surface area contributed by atoms with Gasteiger partial charge >= 0.3 is 5.69 Å². The van der Waals surface area contributed by atoms with E-state index in [4.69, 9.17) is 5.26 Å². The van der Waals surface area contributed by atoms with E-state index in [2.05, 4.69) is 26.2 Å². The largest absolute Gasteiger partial charge is 0.358 e. The summed E-state index contributed by atoms with van der Waals surface area (Å²) in [6.07, 6.45) is 1.31. The number of anilines is 1. The summed E-state index contributed by atoms with van der Waals surface area (Å²) < 4.78 is 0.959. The number of nitrogens with zero attached hydrogens (tertiary/aromatic N) is 3. The Morgan fingerprint density at radius 1 is 1.43 bits per heavy atom. The lowest BCUT2D eigenvalue weighted by atomic mass is 10.1. The highest BCUT2D eigenvalue weighted by atomic mass is 79.9. The fourth-order valence-electron chi connectivity index (χ4n) is 1.80. The Morgan fingerprint density at radius 2 is 2.10 bits per heavy atom. The standard InChI is InChI=1S/C14H11BrN4O2/c1-9(11-2-4-12(15)5-3-11)18-14-13(19(20)21)6-10(7-16)8-17-14/h2-6,8-9H,1H3,(H,17,18). The van der Waals surface area contributed by atoms with Gasteiger partial charge in [-0.15, -0.1) is 0 Å². The highest BCUT2D eigenvalue weighted by Crippen LogP contribution is 2.27. The predicted octanol–water partition coefficient (Wildman–Crippen LogP) is 3.80. The summed E-state index contributed by atoms with van der Waals surface area (Å²) in [6, 6.07) is 10.5. The quantitative estimate of drug-likeness (QED) is 0.671. The molecule has 0 aliphatic rings. The summed E-state index contributed by atoms with van der Waals surface area (Å²) in [5, 5.41) is 22.8. The summed E-state index contributed by atoms with van der Waals surface area (Å²) in [5.74, 6) is 0.148. The lowest BCUT2D eigenvalue weighted by Gasteiger charge is -2.15. The molecule has 106 valence electrons. The van der Waals surface area contributed by atoms with Crippen LogP contribution in [0.15, 0.2) is 41.0 Å². The fraction of sp³-hybridized carbons (Fsp3) is 0.143. The third-order valence-electron chi connectivity index (χ3n) is 2.92. The minimum Gasteiger partial charge on any atom is -0.358 e. The first-order valence-electron chi connectivity index (χ1n) is 6.08. The Balaban J connectivity index is 2.28. The molecule has 1 aromatic heterocycles. The zero-order valence-corrected chi connectivity index (χ0v) is 12.7. The number of benzene rings is 1. The molecule has 6 nitrogen and oxygen atoms in total. The summed E-state index contributed by atoms with van der Waals surface area (Å²) in [6.45, 7) is 1.88. The molecule has 0 bridgehead atoms. The molecule has 1 heterocycles. The predicted molar refractivity (Wildman–Crippen MR) is 81.8 cm³/mol. The van der Waals surface area contributed by atoms with Crippen molar-refractivity contribution in [3.63, 3.8) is 0 Å². The molecule has 1 unspecified atom stereocenters. The molecule has 0 aliphatic carbocycles. The Kier molecular flexibility index (Phi) is 4.50. The third-order valence-corrected chi connectivity index (χ3v) is 3.45. The molecule has 0 aliphatic heterocycles. The van der Waals surface area contributed by atoms with Crippen molar-refractivity contribution in [1.82, 2.24) is 4.98 Å². The maximum atomic E-state index is 11.1. The topological polar surface area (TPSA) is 91.8 Å². The van der Waals surface area contributed by atoms with Crippen LogP contribution in [0, 0.1) is 21.4 Å². The van der Waals surface area contributed by atoms with E-state index in [0.717, 1.165) is 10.0 Å². The van der Waals surface area contributed by atoms with Crippen LogP contribution in [0.4, 0.5) is 11.5 Å². The molecule has 2 rings (SSSR count). The van der Waals surface area contributed by atoms with E-state index in [1.165, 1.54) is 12.3 Å². The molecular weight excluding hydrogens is 336 g/mol. The van der Waals surface area contributed by atoms with Crippen LogP contribution in [0.3, 0.4) is 0 Å². The van der Waals surface area contributed by atoms with Crippen LogP contribution in [0.25, 0.3) is 0 Å². The first kappa shape index (κ1) is 14.9. The number of hydrogen-bond acceptors (Lipinski definition) is 5. The first-order valence-corrected chi connectivity index (χ1v) is 6.87. The summed E-state index contributed by atoms with van der Waals surface area (Å²) >= 11 is 3.36. The normalized spacial score (nSPS) is 11.5. The van der Waals surface area contributed by atoms with Gasteiger partial charge in [0.25, 0.3) is 0 Å². The number of nitro groups is 1. The molecule has 1 N–H and O–H groups in total. The maximum absolute atomic E-state index is 11.1. The van der Waals surface area contributed by atoms with Gasteiger partial charge < -0.3 is 5.32 Å². The average molecular weight is 347 g/mol. The highest BCUT2D eigenvalue weighted by molar-refractivity contribution is 9.10. The lowest BCUT2D eigenvalue weighted by molar-refractivity contribution is -0.384. The van der Waals surface area contributed by atoms with Crippen LogP contribution in [0.2, 0.25) is 0 Å². The van der Waals surface area contributed by atoms with E-state index >= 15 is 0 Å². The molecule has 1 atom stereocenters. The van der Waals surface area contributed by atoms with E-state index in [1.807, 2.05) is 37.3 Å². The molecule has 0 saturated carbocycles. The Bertz CT molecular complexity index is 710. The molecular formula is C14H11BrN4O2. The van der Waals surface area contributed by atoms with Crippen LogP contribution in [0.1, 0.15) is 24.1 Å². The van der Waals surface area contributed by atoms with E-state index in [9.17, 15) is 10.1 Å². The van der Waals surface area contributed by atoms with Gasteiger partial charge in [-0.2, -0.15) is 5.26 Å². The molecule has 0 saturated heterocycles. The van der Waals surface area contributed by atoms with E-state index in [1.54, 1.807) is 0 Å². The van der Waals surface area contributed by atoms with Crippen molar-refractivity contribution < 1.29 is 4.92 Å². The Hall–Kier alpha value is -2.46. The number of pyridine rings is 1. The van der Waals surface area contributed by atoms with Gasteiger partial charge in [-0.3, -0.25) is 10.1 Å². The minimum absolute atomic E-state index is 0.148. The van der Waals surface area contributed by atoms with Gasteiger partial charge in [0.2, 0.25) is 5.82 Å².